The summed E-state index contributed by atoms with van der Waals surface area (Å²) in [6, 6.07) is 1.88. The molecule has 0 amide bonds. The van der Waals surface area contributed by atoms with Crippen molar-refractivity contribution < 1.29 is 17.6 Å². The summed E-state index contributed by atoms with van der Waals surface area (Å²) in [7, 11) is 0. The number of alkyl halides is 3. The average Bonchev–Trinajstić information content (AvgIpc) is 1.78. The Labute approximate surface area is 77.1 Å². The summed E-state index contributed by atoms with van der Waals surface area (Å²) in [5.74, 6) is -1.34. The lowest BCUT2D eigenvalue weighted by atomic mass is 10.1. The van der Waals surface area contributed by atoms with Crippen molar-refractivity contribution in [2.24, 2.45) is 0 Å². The van der Waals surface area contributed by atoms with Crippen LogP contribution in [0.15, 0.2) is 12.1 Å². The molecule has 0 radical (unpaired) electrons. The van der Waals surface area contributed by atoms with Crippen molar-refractivity contribution in [2.45, 2.75) is 13.1 Å². The third-order valence-corrected chi connectivity index (χ3v) is 1.77. The Morgan fingerprint density at radius 1 is 1.23 bits per heavy atom. The Kier molecular flexibility index (Phi) is 2.52. The van der Waals surface area contributed by atoms with E-state index in [1.165, 1.54) is 6.92 Å². The fourth-order valence-corrected chi connectivity index (χ4v) is 1.34. The quantitative estimate of drug-likeness (QED) is 0.574. The van der Waals surface area contributed by atoms with Crippen molar-refractivity contribution in [3.8, 4) is 0 Å². The third-order valence-electron chi connectivity index (χ3n) is 1.47. The summed E-state index contributed by atoms with van der Waals surface area (Å²) in [5, 5.41) is -0.606. The molecule has 0 heterocycles. The normalized spacial score (nSPS) is 11.8. The van der Waals surface area contributed by atoms with Crippen molar-refractivity contribution in [3.05, 3.63) is 34.1 Å². The highest BCUT2D eigenvalue weighted by Gasteiger charge is 2.36. The van der Waals surface area contributed by atoms with E-state index < -0.39 is 22.6 Å². The van der Waals surface area contributed by atoms with E-state index in [9.17, 15) is 17.6 Å². The monoisotopic (exact) mass is 212 g/mol. The zero-order valence-corrected chi connectivity index (χ0v) is 7.30. The highest BCUT2D eigenvalue weighted by Crippen LogP contribution is 2.36. The number of aryl methyl sites for hydroxylation is 1. The number of hydrogen-bond acceptors (Lipinski definition) is 0. The second kappa shape index (κ2) is 3.18. The maximum atomic E-state index is 12.8. The average molecular weight is 213 g/mol. The summed E-state index contributed by atoms with van der Waals surface area (Å²) in [5.41, 5.74) is -1.05. The van der Waals surface area contributed by atoms with Gasteiger partial charge in [0.2, 0.25) is 0 Å². The van der Waals surface area contributed by atoms with Crippen LogP contribution in [0.5, 0.6) is 0 Å². The molecule has 0 bridgehead atoms. The number of rotatable bonds is 0. The molecule has 0 fully saturated rings. The molecule has 0 atom stereocenters. The lowest BCUT2D eigenvalue weighted by Gasteiger charge is -2.10. The van der Waals surface area contributed by atoms with Crippen LogP contribution >= 0.6 is 11.6 Å². The van der Waals surface area contributed by atoms with E-state index in [-0.39, 0.29) is 0 Å². The first-order valence-corrected chi connectivity index (χ1v) is 3.73. The van der Waals surface area contributed by atoms with E-state index in [4.69, 9.17) is 11.6 Å². The van der Waals surface area contributed by atoms with Gasteiger partial charge >= 0.3 is 6.18 Å². The van der Waals surface area contributed by atoms with Crippen LogP contribution in [-0.2, 0) is 6.18 Å². The zero-order valence-electron chi connectivity index (χ0n) is 6.54. The van der Waals surface area contributed by atoms with Gasteiger partial charge in [-0.3, -0.25) is 0 Å². The summed E-state index contributed by atoms with van der Waals surface area (Å²) in [6.07, 6.45) is -4.74. The van der Waals surface area contributed by atoms with Crippen molar-refractivity contribution in [1.29, 1.82) is 0 Å². The Bertz CT molecular complexity index is 306. The number of hydrogen-bond donors (Lipinski definition) is 0. The predicted octanol–water partition coefficient (Wildman–Crippen LogP) is 3.81. The Morgan fingerprint density at radius 2 is 1.77 bits per heavy atom. The van der Waals surface area contributed by atoms with Gasteiger partial charge in [0.1, 0.15) is 11.4 Å². The molecule has 72 valence electrons. The van der Waals surface area contributed by atoms with E-state index in [1.807, 2.05) is 0 Å². The molecule has 0 N–H and O–H groups in total. The van der Waals surface area contributed by atoms with Gasteiger partial charge in [0.15, 0.2) is 0 Å². The van der Waals surface area contributed by atoms with Crippen LogP contribution < -0.4 is 0 Å². The fourth-order valence-electron chi connectivity index (χ4n) is 0.971. The molecule has 0 nitrogen and oxygen atoms in total. The van der Waals surface area contributed by atoms with Gasteiger partial charge in [-0.2, -0.15) is 13.2 Å². The summed E-state index contributed by atoms with van der Waals surface area (Å²) in [4.78, 5) is 0. The number of benzene rings is 1. The van der Waals surface area contributed by atoms with Crippen LogP contribution in [0, 0.1) is 12.7 Å². The van der Waals surface area contributed by atoms with Gasteiger partial charge in [-0.25, -0.2) is 4.39 Å². The van der Waals surface area contributed by atoms with Gasteiger partial charge in [0, 0.05) is 0 Å². The summed E-state index contributed by atoms with van der Waals surface area (Å²) in [6.45, 7) is 1.47. The number of halogens is 5. The molecule has 0 spiro atoms. The van der Waals surface area contributed by atoms with E-state index in [2.05, 4.69) is 0 Å². The van der Waals surface area contributed by atoms with Gasteiger partial charge in [-0.15, -0.1) is 0 Å². The third kappa shape index (κ3) is 2.12. The van der Waals surface area contributed by atoms with Gasteiger partial charge in [-0.05, 0) is 24.6 Å². The molecular weight excluding hydrogens is 208 g/mol. The first-order chi connectivity index (χ1) is 5.82. The first-order valence-electron chi connectivity index (χ1n) is 3.35. The lowest BCUT2D eigenvalue weighted by molar-refractivity contribution is -0.139. The molecule has 1 aromatic carbocycles. The maximum Gasteiger partial charge on any atom is 0.420 e. The highest BCUT2D eigenvalue weighted by molar-refractivity contribution is 6.31. The lowest BCUT2D eigenvalue weighted by Crippen LogP contribution is -2.09. The minimum atomic E-state index is -4.74. The van der Waals surface area contributed by atoms with Crippen LogP contribution in [-0.4, -0.2) is 0 Å². The summed E-state index contributed by atoms with van der Waals surface area (Å²) >= 11 is 5.26. The Balaban J connectivity index is 3.38. The first kappa shape index (κ1) is 10.3. The van der Waals surface area contributed by atoms with Crippen molar-refractivity contribution >= 4 is 11.6 Å². The molecule has 0 saturated carbocycles. The molecular formula is C8H5ClF4. The Hall–Kier alpha value is -0.770. The van der Waals surface area contributed by atoms with E-state index in [1.54, 1.807) is 0 Å². The largest absolute Gasteiger partial charge is 0.420 e. The second-order valence-electron chi connectivity index (χ2n) is 2.60. The standard InChI is InChI=1S/C8H5ClF4/c1-4-2-5(9)7(6(10)3-4)8(11,12)13/h2-3H,1H3. The molecule has 0 unspecified atom stereocenters. The topological polar surface area (TPSA) is 0 Å². The molecule has 1 aromatic rings. The minimum absolute atomic E-state index is 0.357. The van der Waals surface area contributed by atoms with Crippen molar-refractivity contribution in [2.75, 3.05) is 0 Å². The molecule has 13 heavy (non-hydrogen) atoms. The van der Waals surface area contributed by atoms with Crippen LogP contribution in [0.4, 0.5) is 17.6 Å². The van der Waals surface area contributed by atoms with Gasteiger partial charge in [0.25, 0.3) is 0 Å². The molecule has 0 aromatic heterocycles. The van der Waals surface area contributed by atoms with Crippen LogP contribution in [0.2, 0.25) is 5.02 Å². The van der Waals surface area contributed by atoms with E-state index >= 15 is 0 Å². The van der Waals surface area contributed by atoms with Crippen LogP contribution in [0.3, 0.4) is 0 Å². The molecule has 0 aliphatic carbocycles. The SMILES string of the molecule is Cc1cc(F)c(C(F)(F)F)c(Cl)c1. The van der Waals surface area contributed by atoms with Gasteiger partial charge in [0.05, 0.1) is 5.02 Å². The highest BCUT2D eigenvalue weighted by atomic mass is 35.5. The minimum Gasteiger partial charge on any atom is -0.206 e. The second-order valence-corrected chi connectivity index (χ2v) is 3.01. The molecule has 0 aliphatic rings. The fraction of sp³-hybridized carbons (Fsp3) is 0.250. The van der Waals surface area contributed by atoms with E-state index in [0.717, 1.165) is 12.1 Å². The van der Waals surface area contributed by atoms with Crippen LogP contribution in [0.1, 0.15) is 11.1 Å². The molecule has 5 heteroatoms. The van der Waals surface area contributed by atoms with Crippen molar-refractivity contribution in [1.82, 2.24) is 0 Å². The van der Waals surface area contributed by atoms with E-state index in [0.29, 0.717) is 5.56 Å². The summed E-state index contributed by atoms with van der Waals surface area (Å²) < 4.78 is 49.2. The molecule has 0 saturated heterocycles. The molecule has 0 aliphatic heterocycles. The van der Waals surface area contributed by atoms with Crippen LogP contribution in [0.25, 0.3) is 0 Å². The zero-order chi connectivity index (χ0) is 10.2. The Morgan fingerprint density at radius 3 is 2.15 bits per heavy atom. The van der Waals surface area contributed by atoms with Gasteiger partial charge < -0.3 is 0 Å². The van der Waals surface area contributed by atoms with Gasteiger partial charge in [-0.1, -0.05) is 11.6 Å². The van der Waals surface area contributed by atoms with Crippen molar-refractivity contribution in [3.63, 3.8) is 0 Å². The molecule has 1 rings (SSSR count). The smallest absolute Gasteiger partial charge is 0.206 e. The maximum absolute atomic E-state index is 12.8. The predicted molar refractivity (Wildman–Crippen MR) is 41.1 cm³/mol.